The molecular weight excluding hydrogens is 198 g/mol. The Hall–Kier alpha value is -0.810. The molecule has 0 aromatic rings. The van der Waals surface area contributed by atoms with Crippen molar-refractivity contribution in [2.24, 2.45) is 0 Å². The predicted molar refractivity (Wildman–Crippen MR) is 56.6 cm³/mol. The van der Waals surface area contributed by atoms with Crippen LogP contribution in [0, 0.1) is 0 Å². The van der Waals surface area contributed by atoms with Gasteiger partial charge in [-0.15, -0.1) is 0 Å². The molecule has 0 rings (SSSR count). The quantitative estimate of drug-likeness (QED) is 0.726. The van der Waals surface area contributed by atoms with E-state index in [1.165, 1.54) is 4.90 Å². The number of aliphatic hydroxyl groups is 2. The van der Waals surface area contributed by atoms with E-state index >= 15 is 0 Å². The number of aliphatic hydroxyl groups excluding tert-OH is 2. The van der Waals surface area contributed by atoms with Crippen molar-refractivity contribution in [3.63, 3.8) is 0 Å². The normalized spacial score (nSPS) is 13.5. The van der Waals surface area contributed by atoms with Crippen LogP contribution in [0.2, 0.25) is 0 Å². The highest BCUT2D eigenvalue weighted by Crippen LogP contribution is 2.09. The Morgan fingerprint density at radius 2 is 2.00 bits per heavy atom. The Morgan fingerprint density at radius 1 is 1.47 bits per heavy atom. The molecule has 5 heteroatoms. The predicted octanol–water partition coefficient (Wildman–Crippen LogP) is 0.597. The third-order valence-corrected chi connectivity index (χ3v) is 1.71. The van der Waals surface area contributed by atoms with Gasteiger partial charge in [0.15, 0.2) is 0 Å². The van der Waals surface area contributed by atoms with Crippen molar-refractivity contribution in [1.29, 1.82) is 0 Å². The van der Waals surface area contributed by atoms with E-state index in [1.54, 1.807) is 27.8 Å². The summed E-state index contributed by atoms with van der Waals surface area (Å²) >= 11 is 0. The molecule has 15 heavy (non-hydrogen) atoms. The van der Waals surface area contributed by atoms with Gasteiger partial charge in [0, 0.05) is 13.6 Å². The summed E-state index contributed by atoms with van der Waals surface area (Å²) in [5.41, 5.74) is -0.513. The maximum Gasteiger partial charge on any atom is 0.410 e. The summed E-state index contributed by atoms with van der Waals surface area (Å²) in [6.45, 7) is 5.45. The van der Waals surface area contributed by atoms with E-state index < -0.39 is 17.8 Å². The molecule has 0 spiro atoms. The number of carbonyl (C=O) groups is 1. The van der Waals surface area contributed by atoms with E-state index in [-0.39, 0.29) is 6.61 Å². The first-order valence-corrected chi connectivity index (χ1v) is 4.99. The van der Waals surface area contributed by atoms with E-state index in [2.05, 4.69) is 0 Å². The molecule has 2 N–H and O–H groups in total. The number of carbonyl (C=O) groups excluding carboxylic acids is 1. The number of rotatable bonds is 4. The largest absolute Gasteiger partial charge is 0.444 e. The second kappa shape index (κ2) is 5.92. The molecule has 0 heterocycles. The van der Waals surface area contributed by atoms with Crippen LogP contribution in [0.4, 0.5) is 4.79 Å². The molecule has 0 fully saturated rings. The summed E-state index contributed by atoms with van der Waals surface area (Å²) in [6, 6.07) is 0. The van der Waals surface area contributed by atoms with Gasteiger partial charge in [-0.3, -0.25) is 0 Å². The van der Waals surface area contributed by atoms with Gasteiger partial charge in [0.2, 0.25) is 0 Å². The van der Waals surface area contributed by atoms with Crippen molar-refractivity contribution in [2.75, 3.05) is 20.2 Å². The van der Waals surface area contributed by atoms with Gasteiger partial charge in [-0.05, 0) is 27.2 Å². The lowest BCUT2D eigenvalue weighted by Crippen LogP contribution is -2.36. The fourth-order valence-corrected chi connectivity index (χ4v) is 0.865. The van der Waals surface area contributed by atoms with Gasteiger partial charge in [-0.25, -0.2) is 4.79 Å². The number of nitrogens with zero attached hydrogens (tertiary/aromatic N) is 1. The molecule has 1 amide bonds. The lowest BCUT2D eigenvalue weighted by atomic mass is 10.2. The van der Waals surface area contributed by atoms with E-state index in [9.17, 15) is 4.79 Å². The molecule has 0 aliphatic rings. The smallest absolute Gasteiger partial charge is 0.410 e. The van der Waals surface area contributed by atoms with Gasteiger partial charge in [-0.1, -0.05) is 0 Å². The van der Waals surface area contributed by atoms with Crippen molar-refractivity contribution >= 4 is 6.09 Å². The molecule has 0 saturated carbocycles. The summed E-state index contributed by atoms with van der Waals surface area (Å²) in [7, 11) is 1.60. The second-order valence-electron chi connectivity index (χ2n) is 4.53. The fourth-order valence-electron chi connectivity index (χ4n) is 0.865. The first kappa shape index (κ1) is 14.2. The van der Waals surface area contributed by atoms with E-state index in [0.717, 1.165) is 0 Å². The second-order valence-corrected chi connectivity index (χ2v) is 4.53. The minimum absolute atomic E-state index is 0.290. The number of ether oxygens (including phenoxy) is 1. The molecule has 90 valence electrons. The van der Waals surface area contributed by atoms with E-state index in [4.69, 9.17) is 14.9 Å². The minimum atomic E-state index is -0.783. The molecule has 0 aliphatic heterocycles. The highest BCUT2D eigenvalue weighted by molar-refractivity contribution is 5.67. The Labute approximate surface area is 90.6 Å². The monoisotopic (exact) mass is 219 g/mol. The molecule has 0 aromatic heterocycles. The van der Waals surface area contributed by atoms with Gasteiger partial charge >= 0.3 is 6.09 Å². The topological polar surface area (TPSA) is 70.0 Å². The first-order chi connectivity index (χ1) is 6.76. The fraction of sp³-hybridized carbons (Fsp3) is 0.900. The number of hydrogen-bond donors (Lipinski definition) is 2. The van der Waals surface area contributed by atoms with Crippen molar-refractivity contribution < 1.29 is 19.7 Å². The first-order valence-electron chi connectivity index (χ1n) is 4.99. The third kappa shape index (κ3) is 7.16. The zero-order valence-corrected chi connectivity index (χ0v) is 9.86. The van der Waals surface area contributed by atoms with E-state index in [0.29, 0.717) is 13.0 Å². The molecule has 1 unspecified atom stereocenters. The van der Waals surface area contributed by atoms with Crippen LogP contribution >= 0.6 is 0 Å². The SMILES string of the molecule is CN(CCC(O)CO)C(=O)OC(C)(C)C. The van der Waals surface area contributed by atoms with Crippen LogP contribution in [0.5, 0.6) is 0 Å². The summed E-state index contributed by atoms with van der Waals surface area (Å²) in [5, 5.41) is 17.7. The van der Waals surface area contributed by atoms with Crippen molar-refractivity contribution in [3.05, 3.63) is 0 Å². The van der Waals surface area contributed by atoms with Crippen LogP contribution in [-0.4, -0.2) is 53.1 Å². The van der Waals surface area contributed by atoms with Gasteiger partial charge in [-0.2, -0.15) is 0 Å². The third-order valence-electron chi connectivity index (χ3n) is 1.71. The molecular formula is C10H21NO4. The highest BCUT2D eigenvalue weighted by atomic mass is 16.6. The molecule has 0 aromatic carbocycles. The molecule has 5 nitrogen and oxygen atoms in total. The van der Waals surface area contributed by atoms with Crippen molar-refractivity contribution in [2.45, 2.75) is 38.9 Å². The van der Waals surface area contributed by atoms with Crippen LogP contribution in [0.1, 0.15) is 27.2 Å². The van der Waals surface area contributed by atoms with Gasteiger partial charge < -0.3 is 19.8 Å². The van der Waals surface area contributed by atoms with Crippen LogP contribution in [-0.2, 0) is 4.74 Å². The van der Waals surface area contributed by atoms with Crippen molar-refractivity contribution in [1.82, 2.24) is 4.90 Å². The number of amides is 1. The summed E-state index contributed by atoms with van der Waals surface area (Å²) in [4.78, 5) is 12.8. The summed E-state index contributed by atoms with van der Waals surface area (Å²) in [6.07, 6.45) is -0.866. The van der Waals surface area contributed by atoms with Gasteiger partial charge in [0.1, 0.15) is 5.60 Å². The number of hydrogen-bond acceptors (Lipinski definition) is 4. The van der Waals surface area contributed by atoms with Crippen LogP contribution in [0.3, 0.4) is 0 Å². The van der Waals surface area contributed by atoms with Crippen molar-refractivity contribution in [3.8, 4) is 0 Å². The Morgan fingerprint density at radius 3 is 2.40 bits per heavy atom. The lowest BCUT2D eigenvalue weighted by molar-refractivity contribution is 0.0248. The van der Waals surface area contributed by atoms with Gasteiger partial charge in [0.05, 0.1) is 12.7 Å². The Kier molecular flexibility index (Phi) is 5.60. The van der Waals surface area contributed by atoms with Crippen LogP contribution in [0.25, 0.3) is 0 Å². The molecule has 1 atom stereocenters. The average molecular weight is 219 g/mol. The molecule has 0 aliphatic carbocycles. The standard InChI is InChI=1S/C10H21NO4/c1-10(2,3)15-9(14)11(4)6-5-8(13)7-12/h8,12-13H,5-7H2,1-4H3. The highest BCUT2D eigenvalue weighted by Gasteiger charge is 2.19. The molecule has 0 saturated heterocycles. The Bertz CT molecular complexity index is 200. The zero-order chi connectivity index (χ0) is 12.1. The maximum absolute atomic E-state index is 11.4. The van der Waals surface area contributed by atoms with Gasteiger partial charge in [0.25, 0.3) is 0 Å². The van der Waals surface area contributed by atoms with Crippen LogP contribution in [0.15, 0.2) is 0 Å². The molecule has 0 radical (unpaired) electrons. The Balaban J connectivity index is 3.90. The summed E-state index contributed by atoms with van der Waals surface area (Å²) < 4.78 is 5.11. The minimum Gasteiger partial charge on any atom is -0.444 e. The lowest BCUT2D eigenvalue weighted by Gasteiger charge is -2.25. The van der Waals surface area contributed by atoms with Crippen LogP contribution < -0.4 is 0 Å². The summed E-state index contributed by atoms with van der Waals surface area (Å²) in [5.74, 6) is 0. The van der Waals surface area contributed by atoms with E-state index in [1.807, 2.05) is 0 Å². The zero-order valence-electron chi connectivity index (χ0n) is 9.86. The molecule has 0 bridgehead atoms. The maximum atomic E-state index is 11.4. The average Bonchev–Trinajstić information content (AvgIpc) is 2.10.